The SMILES string of the molecule is Oc1ccc2c(c1)NCC2F. The van der Waals surface area contributed by atoms with Gasteiger partial charge in [-0.3, -0.25) is 0 Å². The van der Waals surface area contributed by atoms with Crippen LogP contribution in [0.25, 0.3) is 0 Å². The van der Waals surface area contributed by atoms with Crippen molar-refractivity contribution < 1.29 is 9.50 Å². The molecule has 0 radical (unpaired) electrons. The van der Waals surface area contributed by atoms with Gasteiger partial charge in [0, 0.05) is 17.3 Å². The molecule has 2 nitrogen and oxygen atoms in total. The minimum atomic E-state index is -0.925. The van der Waals surface area contributed by atoms with Crippen molar-refractivity contribution in [3.05, 3.63) is 23.8 Å². The Bertz CT molecular complexity index is 287. The molecule has 3 heteroatoms. The molecule has 0 aliphatic carbocycles. The number of rotatable bonds is 0. The van der Waals surface area contributed by atoms with Crippen molar-refractivity contribution in [3.63, 3.8) is 0 Å². The highest BCUT2D eigenvalue weighted by Gasteiger charge is 2.20. The lowest BCUT2D eigenvalue weighted by atomic mass is 10.1. The Morgan fingerprint density at radius 1 is 1.55 bits per heavy atom. The first-order valence-electron chi connectivity index (χ1n) is 3.48. The smallest absolute Gasteiger partial charge is 0.144 e. The Morgan fingerprint density at radius 2 is 2.36 bits per heavy atom. The molecule has 1 aliphatic heterocycles. The Balaban J connectivity index is 2.50. The number of nitrogens with one attached hydrogen (secondary N) is 1. The monoisotopic (exact) mass is 153 g/mol. The molecule has 1 unspecified atom stereocenters. The summed E-state index contributed by atoms with van der Waals surface area (Å²) in [4.78, 5) is 0. The van der Waals surface area contributed by atoms with Crippen LogP contribution in [0.15, 0.2) is 18.2 Å². The molecule has 1 aromatic rings. The lowest BCUT2D eigenvalue weighted by Gasteiger charge is -1.99. The highest BCUT2D eigenvalue weighted by Crippen LogP contribution is 2.34. The number of phenolic OH excluding ortho intramolecular Hbond substituents is 1. The standard InChI is InChI=1S/C8H8FNO/c9-7-4-10-8-3-5(11)1-2-6(7)8/h1-3,7,10-11H,4H2. The average molecular weight is 153 g/mol. The number of phenols is 1. The molecule has 1 heterocycles. The zero-order chi connectivity index (χ0) is 7.84. The second-order valence-corrected chi connectivity index (χ2v) is 2.62. The number of halogens is 1. The van der Waals surface area contributed by atoms with E-state index in [1.54, 1.807) is 6.07 Å². The lowest BCUT2D eigenvalue weighted by Crippen LogP contribution is -1.94. The molecule has 2 N–H and O–H groups in total. The fraction of sp³-hybridized carbons (Fsp3) is 0.250. The predicted octanol–water partition coefficient (Wildman–Crippen LogP) is 1.83. The molecule has 0 amide bonds. The van der Waals surface area contributed by atoms with Crippen LogP contribution >= 0.6 is 0 Å². The van der Waals surface area contributed by atoms with Gasteiger partial charge in [-0.2, -0.15) is 0 Å². The van der Waals surface area contributed by atoms with Gasteiger partial charge >= 0.3 is 0 Å². The van der Waals surface area contributed by atoms with Gasteiger partial charge < -0.3 is 10.4 Å². The van der Waals surface area contributed by atoms with E-state index < -0.39 is 6.17 Å². The third-order valence-corrected chi connectivity index (χ3v) is 1.85. The average Bonchev–Trinajstić information content (AvgIpc) is 2.32. The van der Waals surface area contributed by atoms with Crippen LogP contribution in [0, 0.1) is 0 Å². The summed E-state index contributed by atoms with van der Waals surface area (Å²) in [6, 6.07) is 4.64. The van der Waals surface area contributed by atoms with Gasteiger partial charge in [0.25, 0.3) is 0 Å². The van der Waals surface area contributed by atoms with Crippen LogP contribution in [0.2, 0.25) is 0 Å². The van der Waals surface area contributed by atoms with Gasteiger partial charge in [-0.05, 0) is 6.07 Å². The molecule has 0 spiro atoms. The van der Waals surface area contributed by atoms with Crippen molar-refractivity contribution in [1.29, 1.82) is 0 Å². The summed E-state index contributed by atoms with van der Waals surface area (Å²) >= 11 is 0. The molecule has 0 saturated carbocycles. The molecule has 0 bridgehead atoms. The first-order chi connectivity index (χ1) is 5.27. The van der Waals surface area contributed by atoms with Crippen LogP contribution in [-0.2, 0) is 0 Å². The van der Waals surface area contributed by atoms with Crippen LogP contribution in [0.3, 0.4) is 0 Å². The van der Waals surface area contributed by atoms with E-state index in [1.165, 1.54) is 12.1 Å². The minimum absolute atomic E-state index is 0.172. The number of hydrogen-bond acceptors (Lipinski definition) is 2. The summed E-state index contributed by atoms with van der Waals surface area (Å²) in [7, 11) is 0. The van der Waals surface area contributed by atoms with Crippen molar-refractivity contribution in [2.75, 3.05) is 11.9 Å². The maximum atomic E-state index is 12.9. The van der Waals surface area contributed by atoms with Crippen molar-refractivity contribution in [3.8, 4) is 5.75 Å². The van der Waals surface area contributed by atoms with Gasteiger partial charge in [0.15, 0.2) is 0 Å². The minimum Gasteiger partial charge on any atom is -0.508 e. The largest absolute Gasteiger partial charge is 0.508 e. The molecule has 2 rings (SSSR count). The molecule has 0 fully saturated rings. The summed E-state index contributed by atoms with van der Waals surface area (Å²) in [5.74, 6) is 0.172. The van der Waals surface area contributed by atoms with E-state index in [0.29, 0.717) is 17.8 Å². The molecule has 1 aromatic carbocycles. The second kappa shape index (κ2) is 2.12. The highest BCUT2D eigenvalue weighted by molar-refractivity contribution is 5.59. The van der Waals surface area contributed by atoms with E-state index >= 15 is 0 Å². The summed E-state index contributed by atoms with van der Waals surface area (Å²) in [6.45, 7) is 0.318. The molecular weight excluding hydrogens is 145 g/mol. The van der Waals surface area contributed by atoms with E-state index in [-0.39, 0.29) is 5.75 Å². The van der Waals surface area contributed by atoms with Gasteiger partial charge in [0.1, 0.15) is 11.9 Å². The third kappa shape index (κ3) is 0.926. The molecular formula is C8H8FNO. The maximum absolute atomic E-state index is 12.9. The normalized spacial score (nSPS) is 21.0. The van der Waals surface area contributed by atoms with Gasteiger partial charge in [-0.25, -0.2) is 4.39 Å². The van der Waals surface area contributed by atoms with E-state index in [2.05, 4.69) is 5.32 Å². The van der Waals surface area contributed by atoms with Crippen LogP contribution < -0.4 is 5.32 Å². The quantitative estimate of drug-likeness (QED) is 0.596. The van der Waals surface area contributed by atoms with Crippen LogP contribution in [0.4, 0.5) is 10.1 Å². The van der Waals surface area contributed by atoms with Crippen LogP contribution in [-0.4, -0.2) is 11.7 Å². The molecule has 58 valence electrons. The fourth-order valence-corrected chi connectivity index (χ4v) is 1.28. The third-order valence-electron chi connectivity index (χ3n) is 1.85. The van der Waals surface area contributed by atoms with Crippen LogP contribution in [0.1, 0.15) is 11.7 Å². The molecule has 1 atom stereocenters. The Hall–Kier alpha value is -1.25. The summed E-state index contributed by atoms with van der Waals surface area (Å²) < 4.78 is 12.9. The summed E-state index contributed by atoms with van der Waals surface area (Å²) in [5, 5.41) is 11.9. The van der Waals surface area contributed by atoms with E-state index in [4.69, 9.17) is 5.11 Å². The zero-order valence-corrected chi connectivity index (χ0v) is 5.84. The number of anilines is 1. The van der Waals surface area contributed by atoms with Crippen LogP contribution in [0.5, 0.6) is 5.75 Å². The van der Waals surface area contributed by atoms with Crippen molar-refractivity contribution in [2.45, 2.75) is 6.17 Å². The first-order valence-corrected chi connectivity index (χ1v) is 3.48. The summed E-state index contributed by atoms with van der Waals surface area (Å²) in [5.41, 5.74) is 1.35. The van der Waals surface area contributed by atoms with Gasteiger partial charge in [0.2, 0.25) is 0 Å². The Kier molecular flexibility index (Phi) is 1.24. The first kappa shape index (κ1) is 6.46. The number of benzene rings is 1. The molecule has 1 aliphatic rings. The molecule has 11 heavy (non-hydrogen) atoms. The van der Waals surface area contributed by atoms with Gasteiger partial charge in [-0.1, -0.05) is 6.07 Å². The maximum Gasteiger partial charge on any atom is 0.144 e. The lowest BCUT2D eigenvalue weighted by molar-refractivity contribution is 0.373. The zero-order valence-electron chi connectivity index (χ0n) is 5.84. The fourth-order valence-electron chi connectivity index (χ4n) is 1.28. The number of alkyl halides is 1. The van der Waals surface area contributed by atoms with Gasteiger partial charge in [-0.15, -0.1) is 0 Å². The topological polar surface area (TPSA) is 32.3 Å². The number of aromatic hydroxyl groups is 1. The number of fused-ring (bicyclic) bond motifs is 1. The molecule has 0 saturated heterocycles. The molecule has 0 aromatic heterocycles. The Morgan fingerprint density at radius 3 is 3.18 bits per heavy atom. The van der Waals surface area contributed by atoms with Crippen molar-refractivity contribution in [1.82, 2.24) is 0 Å². The van der Waals surface area contributed by atoms with Crippen molar-refractivity contribution >= 4 is 5.69 Å². The highest BCUT2D eigenvalue weighted by atomic mass is 19.1. The van der Waals surface area contributed by atoms with Gasteiger partial charge in [0.05, 0.1) is 6.54 Å². The van der Waals surface area contributed by atoms with E-state index in [9.17, 15) is 4.39 Å². The number of hydrogen-bond donors (Lipinski definition) is 2. The summed E-state index contributed by atoms with van der Waals surface area (Å²) in [6.07, 6.45) is -0.925. The Labute approximate surface area is 63.7 Å². The predicted molar refractivity (Wildman–Crippen MR) is 40.4 cm³/mol. The second-order valence-electron chi connectivity index (χ2n) is 2.62. The van der Waals surface area contributed by atoms with E-state index in [0.717, 1.165) is 0 Å². The van der Waals surface area contributed by atoms with Crippen molar-refractivity contribution in [2.24, 2.45) is 0 Å². The van der Waals surface area contributed by atoms with E-state index in [1.807, 2.05) is 0 Å².